The van der Waals surface area contributed by atoms with Crippen LogP contribution in [-0.2, 0) is 6.42 Å². The fourth-order valence-electron chi connectivity index (χ4n) is 4.11. The summed E-state index contributed by atoms with van der Waals surface area (Å²) < 4.78 is 13.6. The summed E-state index contributed by atoms with van der Waals surface area (Å²) in [6.07, 6.45) is 5.46. The smallest absolute Gasteiger partial charge is 0.280 e. The minimum atomic E-state index is -1.80. The Morgan fingerprint density at radius 2 is 1.38 bits per heavy atom. The predicted octanol–water partition coefficient (Wildman–Crippen LogP) is 5.08. The maximum atomic E-state index is 6.79. The normalized spacial score (nSPS) is 20.4. The molecule has 3 rings (SSSR count). The average molecular weight is 319 g/mol. The zero-order valence-corrected chi connectivity index (χ0v) is 15.7. The molecule has 0 radical (unpaired) electrons. The van der Waals surface area contributed by atoms with Gasteiger partial charge in [-0.1, -0.05) is 39.8 Å². The van der Waals surface area contributed by atoms with Crippen LogP contribution in [0.25, 0.3) is 6.08 Å². The molecule has 0 atom stereocenters. The molecule has 1 aliphatic carbocycles. The van der Waals surface area contributed by atoms with Gasteiger partial charge in [-0.2, -0.15) is 0 Å². The number of hydrogen-bond acceptors (Lipinski definition) is 2. The van der Waals surface area contributed by atoms with E-state index in [-0.39, 0.29) is 0 Å². The van der Waals surface area contributed by atoms with Gasteiger partial charge in [0.15, 0.2) is 0 Å². The largest absolute Gasteiger partial charge is 0.540 e. The third-order valence-corrected chi connectivity index (χ3v) is 22.9. The fraction of sp³-hybridized carbons (Fsp3) is 0.529. The Bertz CT molecular complexity index is 572. The van der Waals surface area contributed by atoms with E-state index >= 15 is 0 Å². The van der Waals surface area contributed by atoms with Gasteiger partial charge in [0.1, 0.15) is 11.5 Å². The molecule has 2 nitrogen and oxygen atoms in total. The van der Waals surface area contributed by atoms with E-state index in [4.69, 9.17) is 8.85 Å². The molecule has 0 spiro atoms. The van der Waals surface area contributed by atoms with E-state index in [0.29, 0.717) is 0 Å². The van der Waals surface area contributed by atoms with Crippen LogP contribution in [0.5, 0.6) is 11.5 Å². The van der Waals surface area contributed by atoms with E-state index in [1.807, 2.05) is 0 Å². The summed E-state index contributed by atoms with van der Waals surface area (Å²) in [4.78, 5) is 0. The Kier molecular flexibility index (Phi) is 3.78. The lowest BCUT2D eigenvalue weighted by molar-refractivity contribution is 0.440. The SMILES string of the molecule is CC[Si]1(CC)Oc2cc3c(cc2O[Si]1(CC)CC)CC=C3. The highest BCUT2D eigenvalue weighted by Crippen LogP contribution is 2.47. The summed E-state index contributed by atoms with van der Waals surface area (Å²) in [6.45, 7) is 9.24. The fourth-order valence-corrected chi connectivity index (χ4v) is 19.3. The molecule has 114 valence electrons. The van der Waals surface area contributed by atoms with Gasteiger partial charge in [0.25, 0.3) is 15.7 Å². The summed E-state index contributed by atoms with van der Waals surface area (Å²) in [5, 5.41) is 0. The monoisotopic (exact) mass is 318 g/mol. The summed E-state index contributed by atoms with van der Waals surface area (Å²) in [6, 6.07) is 9.14. The maximum absolute atomic E-state index is 6.79. The molecule has 0 fully saturated rings. The molecule has 2 aliphatic rings. The van der Waals surface area contributed by atoms with Gasteiger partial charge >= 0.3 is 0 Å². The molecule has 0 saturated carbocycles. The highest BCUT2D eigenvalue weighted by Gasteiger charge is 2.60. The quantitative estimate of drug-likeness (QED) is 0.721. The number of benzene rings is 1. The van der Waals surface area contributed by atoms with Gasteiger partial charge in [0, 0.05) is 0 Å². The molecule has 1 aromatic carbocycles. The van der Waals surface area contributed by atoms with Crippen LogP contribution in [0.3, 0.4) is 0 Å². The third-order valence-electron chi connectivity index (χ3n) is 5.57. The van der Waals surface area contributed by atoms with Crippen molar-refractivity contribution in [3.8, 4) is 11.5 Å². The van der Waals surface area contributed by atoms with Crippen molar-refractivity contribution in [2.75, 3.05) is 0 Å². The van der Waals surface area contributed by atoms with Gasteiger partial charge < -0.3 is 8.85 Å². The van der Waals surface area contributed by atoms with Gasteiger partial charge in [-0.3, -0.25) is 0 Å². The lowest BCUT2D eigenvalue weighted by atomic mass is 10.1. The van der Waals surface area contributed by atoms with Crippen molar-refractivity contribution in [1.29, 1.82) is 0 Å². The molecule has 0 bridgehead atoms. The van der Waals surface area contributed by atoms with E-state index in [1.165, 1.54) is 35.3 Å². The van der Waals surface area contributed by atoms with Crippen LogP contribution < -0.4 is 8.85 Å². The molecule has 0 amide bonds. The van der Waals surface area contributed by atoms with Crippen molar-refractivity contribution in [2.24, 2.45) is 0 Å². The molecule has 0 unspecified atom stereocenters. The van der Waals surface area contributed by atoms with Crippen LogP contribution in [0.4, 0.5) is 0 Å². The molecular formula is C17H26O2Si2. The topological polar surface area (TPSA) is 18.5 Å². The highest BCUT2D eigenvalue weighted by molar-refractivity contribution is 7.38. The van der Waals surface area contributed by atoms with Crippen molar-refractivity contribution < 1.29 is 8.85 Å². The second-order valence-electron chi connectivity index (χ2n) is 6.21. The molecule has 4 heteroatoms. The maximum Gasteiger partial charge on any atom is 0.280 e. The Morgan fingerprint density at radius 3 is 1.90 bits per heavy atom. The molecule has 1 aliphatic heterocycles. The molecule has 0 N–H and O–H groups in total. The zero-order chi connectivity index (χ0) is 15.1. The van der Waals surface area contributed by atoms with Gasteiger partial charge in [-0.15, -0.1) is 0 Å². The lowest BCUT2D eigenvalue weighted by Crippen LogP contribution is -2.71. The Labute approximate surface area is 130 Å². The van der Waals surface area contributed by atoms with Crippen LogP contribution >= 0.6 is 0 Å². The van der Waals surface area contributed by atoms with Crippen LogP contribution in [0.15, 0.2) is 18.2 Å². The molecule has 1 heterocycles. The summed E-state index contributed by atoms with van der Waals surface area (Å²) in [5.41, 5.74) is 2.70. The molecular weight excluding hydrogens is 292 g/mol. The highest BCUT2D eigenvalue weighted by atomic mass is 29.3. The van der Waals surface area contributed by atoms with Crippen LogP contribution in [0, 0.1) is 0 Å². The minimum Gasteiger partial charge on any atom is -0.540 e. The second-order valence-corrected chi connectivity index (χ2v) is 18.9. The van der Waals surface area contributed by atoms with E-state index in [9.17, 15) is 0 Å². The molecule has 0 saturated heterocycles. The third kappa shape index (κ3) is 2.03. The Balaban J connectivity index is 2.11. The van der Waals surface area contributed by atoms with Crippen LogP contribution in [0.1, 0.15) is 38.8 Å². The standard InChI is InChI=1S/C17H26O2Si2/c1-5-20(6-2)18-16-12-14-10-9-11-15(14)13-17(16)19-21(20,7-3)8-4/h9-10,12-13H,5-8,11H2,1-4H3. The zero-order valence-electron chi connectivity index (χ0n) is 13.7. The molecule has 1 aromatic rings. The number of rotatable bonds is 4. The van der Waals surface area contributed by atoms with Crippen molar-refractivity contribution in [2.45, 2.75) is 58.3 Å². The van der Waals surface area contributed by atoms with Crippen molar-refractivity contribution >= 4 is 21.7 Å². The Hall–Kier alpha value is -1.01. The van der Waals surface area contributed by atoms with E-state index in [2.05, 4.69) is 52.0 Å². The van der Waals surface area contributed by atoms with E-state index in [0.717, 1.165) is 17.9 Å². The van der Waals surface area contributed by atoms with Gasteiger partial charge in [-0.25, -0.2) is 0 Å². The van der Waals surface area contributed by atoms with Gasteiger partial charge in [-0.05, 0) is 53.9 Å². The van der Waals surface area contributed by atoms with Crippen molar-refractivity contribution in [3.05, 3.63) is 29.3 Å². The van der Waals surface area contributed by atoms with Gasteiger partial charge in [0.05, 0.1) is 0 Å². The summed E-state index contributed by atoms with van der Waals surface area (Å²) in [7, 11) is -3.60. The first kappa shape index (κ1) is 14.9. The van der Waals surface area contributed by atoms with E-state index in [1.54, 1.807) is 0 Å². The molecule has 21 heavy (non-hydrogen) atoms. The summed E-state index contributed by atoms with van der Waals surface area (Å²) in [5.74, 6) is 2.04. The van der Waals surface area contributed by atoms with E-state index < -0.39 is 15.7 Å². The first-order valence-electron chi connectivity index (χ1n) is 8.35. The number of hydrogen-bond donors (Lipinski definition) is 0. The predicted molar refractivity (Wildman–Crippen MR) is 93.9 cm³/mol. The van der Waals surface area contributed by atoms with Crippen LogP contribution in [-0.4, -0.2) is 15.7 Å². The second kappa shape index (κ2) is 5.32. The lowest BCUT2D eigenvalue weighted by Gasteiger charge is -2.48. The molecule has 0 aromatic heterocycles. The minimum absolute atomic E-state index is 1.01. The number of fused-ring (bicyclic) bond motifs is 2. The first-order valence-corrected chi connectivity index (χ1v) is 14.0. The van der Waals surface area contributed by atoms with Gasteiger partial charge in [0.2, 0.25) is 0 Å². The van der Waals surface area contributed by atoms with Crippen molar-refractivity contribution in [1.82, 2.24) is 0 Å². The van der Waals surface area contributed by atoms with Crippen LogP contribution in [0.2, 0.25) is 24.2 Å². The summed E-state index contributed by atoms with van der Waals surface area (Å²) >= 11 is 0. The van der Waals surface area contributed by atoms with Crippen molar-refractivity contribution in [3.63, 3.8) is 0 Å². The first-order chi connectivity index (χ1) is 10.1. The average Bonchev–Trinajstić information content (AvgIpc) is 2.98. The number of allylic oxidation sites excluding steroid dienone is 1. The Morgan fingerprint density at radius 1 is 0.857 bits per heavy atom.